The third-order valence-electron chi connectivity index (χ3n) is 5.69. The van der Waals surface area contributed by atoms with Gasteiger partial charge in [-0.1, -0.05) is 48.0 Å². The van der Waals surface area contributed by atoms with Crippen molar-refractivity contribution >= 4 is 11.6 Å². The van der Waals surface area contributed by atoms with Crippen LogP contribution in [0.15, 0.2) is 64.2 Å². The molecule has 0 radical (unpaired) electrons. The number of aromatic amines is 1. The largest absolute Gasteiger partial charge is 0.329 e. The fourth-order valence-electron chi connectivity index (χ4n) is 4.17. The van der Waals surface area contributed by atoms with Crippen molar-refractivity contribution in [3.8, 4) is 5.69 Å². The fourth-order valence-corrected chi connectivity index (χ4v) is 4.17. The van der Waals surface area contributed by atoms with Crippen molar-refractivity contribution in [3.63, 3.8) is 0 Å². The highest BCUT2D eigenvalue weighted by atomic mass is 16.2. The highest BCUT2D eigenvalue weighted by Gasteiger charge is 2.36. The molecule has 0 aliphatic carbocycles. The molecule has 1 aliphatic heterocycles. The molecular weight excluding hydrogens is 378 g/mol. The molecular formula is C23H21N5O2. The maximum atomic E-state index is 12.9. The van der Waals surface area contributed by atoms with Crippen LogP contribution in [0.2, 0.25) is 0 Å². The summed E-state index contributed by atoms with van der Waals surface area (Å²) in [5.41, 5.74) is 4.44. The van der Waals surface area contributed by atoms with Gasteiger partial charge in [0.1, 0.15) is 11.6 Å². The number of fused-ring (bicyclic) bond motifs is 2. The summed E-state index contributed by atoms with van der Waals surface area (Å²) < 4.78 is 3.28. The SMILES string of the molecule is Cc1ccc(C2c3c(C)nn(-c4ccccc4)c3Nc3c2c(=O)[nH]c(=O)n3C)cc1. The van der Waals surface area contributed by atoms with E-state index in [0.717, 1.165) is 33.9 Å². The number of H-pyrrole nitrogens is 1. The first-order valence-corrected chi connectivity index (χ1v) is 9.77. The minimum absolute atomic E-state index is 0.343. The molecule has 0 fully saturated rings. The minimum Gasteiger partial charge on any atom is -0.325 e. The van der Waals surface area contributed by atoms with Crippen LogP contribution in [0.1, 0.15) is 33.9 Å². The molecule has 2 aromatic heterocycles. The Morgan fingerprint density at radius 2 is 1.60 bits per heavy atom. The van der Waals surface area contributed by atoms with Gasteiger partial charge in [0.25, 0.3) is 5.56 Å². The molecule has 3 heterocycles. The van der Waals surface area contributed by atoms with E-state index in [1.807, 2.05) is 73.1 Å². The van der Waals surface area contributed by atoms with Crippen LogP contribution in [0.3, 0.4) is 0 Å². The number of hydrogen-bond donors (Lipinski definition) is 2. The molecule has 1 atom stereocenters. The van der Waals surface area contributed by atoms with Crippen LogP contribution in [0, 0.1) is 13.8 Å². The summed E-state index contributed by atoms with van der Waals surface area (Å²) in [4.78, 5) is 27.7. The zero-order chi connectivity index (χ0) is 21.0. The maximum Gasteiger partial charge on any atom is 0.329 e. The van der Waals surface area contributed by atoms with Gasteiger partial charge in [0, 0.05) is 18.5 Å². The van der Waals surface area contributed by atoms with E-state index in [0.29, 0.717) is 11.4 Å². The molecule has 150 valence electrons. The number of para-hydroxylation sites is 1. The molecule has 0 spiro atoms. The number of nitrogens with one attached hydrogen (secondary N) is 2. The molecule has 0 saturated heterocycles. The quantitative estimate of drug-likeness (QED) is 0.478. The van der Waals surface area contributed by atoms with E-state index in [-0.39, 0.29) is 11.5 Å². The van der Waals surface area contributed by atoms with Gasteiger partial charge in [-0.2, -0.15) is 5.10 Å². The molecule has 30 heavy (non-hydrogen) atoms. The summed E-state index contributed by atoms with van der Waals surface area (Å²) in [6.07, 6.45) is 0. The molecule has 0 bridgehead atoms. The van der Waals surface area contributed by atoms with Crippen LogP contribution < -0.4 is 16.6 Å². The van der Waals surface area contributed by atoms with Crippen molar-refractivity contribution in [2.45, 2.75) is 19.8 Å². The molecule has 4 aromatic rings. The third-order valence-corrected chi connectivity index (χ3v) is 5.69. The number of aromatic nitrogens is 4. The highest BCUT2D eigenvalue weighted by molar-refractivity contribution is 5.73. The number of hydrogen-bond acceptors (Lipinski definition) is 4. The van der Waals surface area contributed by atoms with Crippen molar-refractivity contribution in [3.05, 3.63) is 103 Å². The Balaban J connectivity index is 1.85. The molecule has 1 aliphatic rings. The van der Waals surface area contributed by atoms with E-state index >= 15 is 0 Å². The van der Waals surface area contributed by atoms with Crippen molar-refractivity contribution in [1.82, 2.24) is 19.3 Å². The van der Waals surface area contributed by atoms with Crippen molar-refractivity contribution < 1.29 is 0 Å². The fraction of sp³-hybridized carbons (Fsp3) is 0.174. The Morgan fingerprint density at radius 1 is 0.900 bits per heavy atom. The van der Waals surface area contributed by atoms with Gasteiger partial charge in [-0.05, 0) is 31.5 Å². The predicted octanol–water partition coefficient (Wildman–Crippen LogP) is 3.11. The number of anilines is 2. The Morgan fingerprint density at radius 3 is 2.30 bits per heavy atom. The lowest BCUT2D eigenvalue weighted by atomic mass is 9.83. The topological polar surface area (TPSA) is 84.7 Å². The second kappa shape index (κ2) is 6.59. The number of aryl methyl sites for hydroxylation is 2. The Bertz CT molecular complexity index is 1380. The van der Waals surface area contributed by atoms with E-state index in [1.165, 1.54) is 4.57 Å². The van der Waals surface area contributed by atoms with Gasteiger partial charge >= 0.3 is 5.69 Å². The Labute approximate surface area is 172 Å². The van der Waals surface area contributed by atoms with Crippen LogP contribution in [-0.4, -0.2) is 19.3 Å². The van der Waals surface area contributed by atoms with Gasteiger partial charge in [0.2, 0.25) is 0 Å². The summed E-state index contributed by atoms with van der Waals surface area (Å²) in [6, 6.07) is 17.9. The van der Waals surface area contributed by atoms with Crippen LogP contribution in [-0.2, 0) is 7.05 Å². The lowest BCUT2D eigenvalue weighted by Crippen LogP contribution is -2.36. The molecule has 2 N–H and O–H groups in total. The zero-order valence-corrected chi connectivity index (χ0v) is 16.9. The number of rotatable bonds is 2. The maximum absolute atomic E-state index is 12.9. The molecule has 1 unspecified atom stereocenters. The average molecular weight is 399 g/mol. The Hall–Kier alpha value is -3.87. The van der Waals surface area contributed by atoms with E-state index < -0.39 is 5.69 Å². The molecule has 7 heteroatoms. The normalized spacial score (nSPS) is 14.7. The Kier molecular flexibility index (Phi) is 3.99. The van der Waals surface area contributed by atoms with Gasteiger partial charge in [0.15, 0.2) is 0 Å². The predicted molar refractivity (Wildman–Crippen MR) is 116 cm³/mol. The molecule has 7 nitrogen and oxygen atoms in total. The summed E-state index contributed by atoms with van der Waals surface area (Å²) in [6.45, 7) is 3.98. The first-order chi connectivity index (χ1) is 14.5. The van der Waals surface area contributed by atoms with Crippen molar-refractivity contribution in [2.75, 3.05) is 5.32 Å². The lowest BCUT2D eigenvalue weighted by Gasteiger charge is -2.28. The van der Waals surface area contributed by atoms with Crippen LogP contribution in [0.5, 0.6) is 0 Å². The molecule has 0 amide bonds. The summed E-state index contributed by atoms with van der Waals surface area (Å²) in [5, 5.41) is 8.11. The highest BCUT2D eigenvalue weighted by Crippen LogP contribution is 2.44. The molecule has 0 saturated carbocycles. The van der Waals surface area contributed by atoms with Crippen molar-refractivity contribution in [1.29, 1.82) is 0 Å². The summed E-state index contributed by atoms with van der Waals surface area (Å²) >= 11 is 0. The molecule has 2 aromatic carbocycles. The van der Waals surface area contributed by atoms with E-state index in [1.54, 1.807) is 7.05 Å². The standard InChI is InChI=1S/C23H21N5O2/c1-13-9-11-15(12-10-13)18-17-14(2)26-28(16-7-5-4-6-8-16)21(17)24-20-19(18)22(29)25-23(30)27(20)3/h4-12,18,24H,1-3H3,(H,25,29,30). The summed E-state index contributed by atoms with van der Waals surface area (Å²) in [7, 11) is 1.65. The number of nitrogens with zero attached hydrogens (tertiary/aromatic N) is 3. The second-order valence-corrected chi connectivity index (χ2v) is 7.64. The first-order valence-electron chi connectivity index (χ1n) is 9.77. The van der Waals surface area contributed by atoms with Crippen LogP contribution in [0.4, 0.5) is 11.6 Å². The molecule has 5 rings (SSSR count). The smallest absolute Gasteiger partial charge is 0.325 e. The third kappa shape index (κ3) is 2.62. The van der Waals surface area contributed by atoms with Gasteiger partial charge in [-0.3, -0.25) is 14.3 Å². The van der Waals surface area contributed by atoms with Gasteiger partial charge in [-0.25, -0.2) is 9.48 Å². The van der Waals surface area contributed by atoms with Crippen LogP contribution in [0.25, 0.3) is 5.69 Å². The average Bonchev–Trinajstić information content (AvgIpc) is 3.08. The first kappa shape index (κ1) is 18.2. The van der Waals surface area contributed by atoms with Crippen LogP contribution >= 0.6 is 0 Å². The van der Waals surface area contributed by atoms with E-state index in [2.05, 4.69) is 10.3 Å². The van der Waals surface area contributed by atoms with Gasteiger partial charge in [-0.15, -0.1) is 0 Å². The zero-order valence-electron chi connectivity index (χ0n) is 16.9. The lowest BCUT2D eigenvalue weighted by molar-refractivity contribution is 0.763. The summed E-state index contributed by atoms with van der Waals surface area (Å²) in [5.74, 6) is 0.904. The monoisotopic (exact) mass is 399 g/mol. The van der Waals surface area contributed by atoms with E-state index in [4.69, 9.17) is 5.10 Å². The number of benzene rings is 2. The second-order valence-electron chi connectivity index (χ2n) is 7.64. The van der Waals surface area contributed by atoms with Crippen molar-refractivity contribution in [2.24, 2.45) is 7.05 Å². The van der Waals surface area contributed by atoms with Gasteiger partial charge < -0.3 is 5.32 Å². The minimum atomic E-state index is -0.458. The van der Waals surface area contributed by atoms with E-state index in [9.17, 15) is 9.59 Å². The van der Waals surface area contributed by atoms with Gasteiger partial charge in [0.05, 0.1) is 16.9 Å².